The number of halogens is 1. The molecule has 0 radical (unpaired) electrons. The summed E-state index contributed by atoms with van der Waals surface area (Å²) in [5.74, 6) is 0.632. The van der Waals surface area contributed by atoms with Gasteiger partial charge in [0.05, 0.1) is 23.6 Å². The highest BCUT2D eigenvalue weighted by molar-refractivity contribution is 8.25. The molecule has 0 spiro atoms. The van der Waals surface area contributed by atoms with Crippen LogP contribution in [0.5, 0.6) is 0 Å². The highest BCUT2D eigenvalue weighted by Crippen LogP contribution is 2.50. The summed E-state index contributed by atoms with van der Waals surface area (Å²) >= 11 is 6.46. The average Bonchev–Trinajstić information content (AvgIpc) is 2.92. The number of rotatable bonds is 15. The van der Waals surface area contributed by atoms with E-state index in [1.54, 1.807) is 22.5 Å². The van der Waals surface area contributed by atoms with Gasteiger partial charge in [-0.2, -0.15) is 0 Å². The molecule has 1 fully saturated rings. The van der Waals surface area contributed by atoms with Crippen LogP contribution >= 0.6 is 22.4 Å². The average molecular weight is 609 g/mol. The van der Waals surface area contributed by atoms with Crippen LogP contribution in [0.25, 0.3) is 0 Å². The highest BCUT2D eigenvalue weighted by Gasteiger charge is 2.29. The van der Waals surface area contributed by atoms with Gasteiger partial charge >= 0.3 is 0 Å². The highest BCUT2D eigenvalue weighted by atomic mass is 35.5. The van der Waals surface area contributed by atoms with Gasteiger partial charge in [0.1, 0.15) is 0 Å². The second kappa shape index (κ2) is 16.0. The van der Waals surface area contributed by atoms with Crippen molar-refractivity contribution in [1.29, 1.82) is 0 Å². The number of aliphatic hydroxyl groups is 1. The first-order valence-corrected chi connectivity index (χ1v) is 16.9. The molecular weight excluding hydrogens is 560 g/mol. The third-order valence-corrected chi connectivity index (χ3v) is 9.81. The van der Waals surface area contributed by atoms with E-state index >= 15 is 0 Å². The summed E-state index contributed by atoms with van der Waals surface area (Å²) in [7, 11) is -2.95. The van der Waals surface area contributed by atoms with Crippen LogP contribution in [0.2, 0.25) is 5.02 Å². The third kappa shape index (κ3) is 10.3. The Morgan fingerprint density at radius 1 is 1.10 bits per heavy atom. The molecule has 0 aromatic heterocycles. The second-order valence-corrected chi connectivity index (χ2v) is 14.0. The summed E-state index contributed by atoms with van der Waals surface area (Å²) < 4.78 is 23.1. The molecule has 2 aromatic rings. The monoisotopic (exact) mass is 608 g/mol. The van der Waals surface area contributed by atoms with Crippen molar-refractivity contribution in [3.05, 3.63) is 58.6 Å². The van der Waals surface area contributed by atoms with E-state index in [1.807, 2.05) is 31.2 Å². The van der Waals surface area contributed by atoms with Crippen LogP contribution < -0.4 is 20.3 Å². The Morgan fingerprint density at radius 2 is 1.85 bits per heavy atom. The van der Waals surface area contributed by atoms with E-state index < -0.39 is 22.9 Å². The van der Waals surface area contributed by atoms with Crippen LogP contribution in [0.3, 0.4) is 0 Å². The zero-order chi connectivity index (χ0) is 30.0. The Balaban J connectivity index is 1.81. The van der Waals surface area contributed by atoms with Crippen LogP contribution in [0, 0.1) is 5.92 Å². The summed E-state index contributed by atoms with van der Waals surface area (Å²) in [4.78, 5) is 13.7. The minimum Gasteiger partial charge on any atom is -0.390 e. The Bertz CT molecular complexity index is 1120. The van der Waals surface area contributed by atoms with Gasteiger partial charge in [-0.3, -0.25) is 18.2 Å². The number of nitrogens with zero attached hydrogens (tertiary/aromatic N) is 1. The maximum atomic E-state index is 13.7. The summed E-state index contributed by atoms with van der Waals surface area (Å²) in [6.07, 6.45) is 4.41. The molecule has 3 rings (SSSR count). The lowest BCUT2D eigenvalue weighted by Gasteiger charge is -2.47. The molecule has 1 amide bonds. The minimum absolute atomic E-state index is 0.240. The first-order valence-electron chi connectivity index (χ1n) is 14.9. The van der Waals surface area contributed by atoms with Crippen molar-refractivity contribution in [3.8, 4) is 0 Å². The second-order valence-electron chi connectivity index (χ2n) is 11.5. The Kier molecular flexibility index (Phi) is 13.1. The van der Waals surface area contributed by atoms with Crippen molar-refractivity contribution in [2.75, 3.05) is 35.0 Å². The van der Waals surface area contributed by atoms with Crippen LogP contribution in [0.1, 0.15) is 75.7 Å². The van der Waals surface area contributed by atoms with E-state index in [-0.39, 0.29) is 11.9 Å². The van der Waals surface area contributed by atoms with Crippen molar-refractivity contribution >= 4 is 39.7 Å². The number of carbonyl (C=O) groups excluding carboxylic acids is 1. The maximum Gasteiger partial charge on any atom is 0.251 e. The predicted molar refractivity (Wildman–Crippen MR) is 173 cm³/mol. The molecule has 0 aliphatic carbocycles. The molecule has 3 unspecified atom stereocenters. The van der Waals surface area contributed by atoms with E-state index in [9.17, 15) is 19.0 Å². The molecular formula is C31H49ClN4O4S. The zero-order valence-corrected chi connectivity index (χ0v) is 26.5. The number of nitrogens with one attached hydrogen (secondary N) is 3. The zero-order valence-electron chi connectivity index (χ0n) is 24.9. The quantitative estimate of drug-likeness (QED) is 0.136. The molecule has 3 atom stereocenters. The van der Waals surface area contributed by atoms with Crippen LogP contribution in [-0.4, -0.2) is 63.7 Å². The van der Waals surface area contributed by atoms with Gasteiger partial charge in [0.2, 0.25) is 0 Å². The number of amides is 1. The molecule has 230 valence electrons. The number of anilines is 2. The van der Waals surface area contributed by atoms with Gasteiger partial charge in [-0.15, -0.1) is 10.8 Å². The first kappa shape index (κ1) is 33.5. The lowest BCUT2D eigenvalue weighted by molar-refractivity contribution is 0.0825. The van der Waals surface area contributed by atoms with Crippen molar-refractivity contribution in [2.45, 2.75) is 84.4 Å². The summed E-state index contributed by atoms with van der Waals surface area (Å²) in [5.41, 5.74) is 2.53. The van der Waals surface area contributed by atoms with Gasteiger partial charge in [-0.05, 0) is 75.3 Å². The number of aliphatic hydroxyl groups excluding tert-OH is 1. The molecule has 0 bridgehead atoms. The molecule has 0 saturated carbocycles. The molecule has 1 aliphatic rings. The molecule has 8 nitrogen and oxygen atoms in total. The topological polar surface area (TPSA) is 117 Å². The van der Waals surface area contributed by atoms with E-state index in [0.717, 1.165) is 36.9 Å². The molecule has 1 heterocycles. The lowest BCUT2D eigenvalue weighted by Crippen LogP contribution is -2.49. The maximum absolute atomic E-state index is 13.7. The van der Waals surface area contributed by atoms with Crippen LogP contribution in [0.15, 0.2) is 42.5 Å². The van der Waals surface area contributed by atoms with Gasteiger partial charge in [0.25, 0.3) is 5.91 Å². The van der Waals surface area contributed by atoms with Crippen molar-refractivity contribution in [2.24, 2.45) is 5.92 Å². The fourth-order valence-electron chi connectivity index (χ4n) is 5.13. The molecule has 10 heteroatoms. The molecule has 1 aliphatic heterocycles. The van der Waals surface area contributed by atoms with Gasteiger partial charge in [-0.1, -0.05) is 56.5 Å². The van der Waals surface area contributed by atoms with Crippen LogP contribution in [-0.2, 0) is 6.42 Å². The van der Waals surface area contributed by atoms with E-state index in [2.05, 4.69) is 36.7 Å². The van der Waals surface area contributed by atoms with Crippen molar-refractivity contribution < 1.29 is 19.0 Å². The van der Waals surface area contributed by atoms with Gasteiger partial charge in [0, 0.05) is 41.9 Å². The van der Waals surface area contributed by atoms with E-state index in [0.29, 0.717) is 54.0 Å². The minimum atomic E-state index is -2.95. The molecule has 6 N–H and O–H groups in total. The number of hydrogen-bond donors (Lipinski definition) is 6. The largest absolute Gasteiger partial charge is 0.390 e. The summed E-state index contributed by atoms with van der Waals surface area (Å²) in [6.45, 7) is 10.0. The van der Waals surface area contributed by atoms with Gasteiger partial charge < -0.3 is 21.1 Å². The fraction of sp³-hybridized carbons (Fsp3) is 0.581. The van der Waals surface area contributed by atoms with E-state index in [1.165, 1.54) is 6.42 Å². The van der Waals surface area contributed by atoms with Crippen molar-refractivity contribution in [3.63, 3.8) is 0 Å². The molecule has 41 heavy (non-hydrogen) atoms. The number of carbonyl (C=O) groups is 1. The Hall–Kier alpha value is -2.01. The third-order valence-electron chi connectivity index (χ3n) is 7.50. The Morgan fingerprint density at radius 3 is 2.54 bits per heavy atom. The van der Waals surface area contributed by atoms with Gasteiger partial charge in [0.15, 0.2) is 0 Å². The van der Waals surface area contributed by atoms with Crippen LogP contribution in [0.4, 0.5) is 11.4 Å². The fourth-order valence-corrected chi connectivity index (χ4v) is 7.02. The predicted octanol–water partition coefficient (Wildman–Crippen LogP) is 6.54. The lowest BCUT2D eigenvalue weighted by atomic mass is 9.99. The number of benzene rings is 2. The number of hydrogen-bond acceptors (Lipinski definition) is 7. The Labute approximate surface area is 252 Å². The summed E-state index contributed by atoms with van der Waals surface area (Å²) in [5, 5.41) is 21.6. The van der Waals surface area contributed by atoms with Crippen molar-refractivity contribution in [1.82, 2.24) is 10.6 Å². The first-order chi connectivity index (χ1) is 19.5. The van der Waals surface area contributed by atoms with E-state index in [4.69, 9.17) is 11.6 Å². The molecule has 2 aromatic carbocycles. The molecule has 1 saturated heterocycles. The smallest absolute Gasteiger partial charge is 0.251 e. The normalized spacial score (nSPS) is 18.0. The summed E-state index contributed by atoms with van der Waals surface area (Å²) in [6, 6.07) is 12.4. The SMILES string of the molecule is CCNc1cc(C(=O)NC(Cc2ccccc2Cl)C(O)CNC(C)CCCC(C)C)cc(N2CCCCS2(O)O)c1. The standard InChI is InChI=1S/C31H49ClN4O4S/c1-5-33-26-17-25(18-27(20-26)36-15-8-9-16-41(36,39)40)31(38)35-29(19-24-13-6-7-14-28(24)32)30(37)21-34-23(4)12-10-11-22(2)3/h6-7,13-14,17-18,20,22-23,29-30,33-34,37,39-40H,5,8-12,15-16,19,21H2,1-4H3,(H,35,38). The van der Waals surface area contributed by atoms with Gasteiger partial charge in [-0.25, -0.2) is 0 Å².